The zero-order chi connectivity index (χ0) is 13.8. The quantitative estimate of drug-likeness (QED) is 0.627. The van der Waals surface area contributed by atoms with Crippen molar-refractivity contribution in [3.8, 4) is 0 Å². The van der Waals surface area contributed by atoms with Crippen LogP contribution in [-0.4, -0.2) is 0 Å². The monoisotopic (exact) mass is 242 g/mol. The number of benzene rings is 1. The normalized spacial score (nSPS) is 12.9. The Morgan fingerprint density at radius 1 is 1.17 bits per heavy atom. The van der Waals surface area contributed by atoms with E-state index >= 15 is 0 Å². The Kier molecular flexibility index (Phi) is 4.38. The zero-order valence-corrected chi connectivity index (χ0v) is 11.4. The SMILES string of the molecule is C=C(/C=C\C(N)=C/C)C(C)(C)c1ccc(N)cc1. The first-order valence-electron chi connectivity index (χ1n) is 6.03. The third-order valence-electron chi connectivity index (χ3n) is 3.25. The largest absolute Gasteiger partial charge is 0.399 e. The van der Waals surface area contributed by atoms with Gasteiger partial charge in [-0.3, -0.25) is 0 Å². The van der Waals surface area contributed by atoms with Crippen molar-refractivity contribution < 1.29 is 0 Å². The molecule has 0 bridgehead atoms. The van der Waals surface area contributed by atoms with Gasteiger partial charge in [0.15, 0.2) is 0 Å². The van der Waals surface area contributed by atoms with Gasteiger partial charge in [0, 0.05) is 16.8 Å². The van der Waals surface area contributed by atoms with Crippen molar-refractivity contribution in [2.75, 3.05) is 5.73 Å². The molecule has 0 atom stereocenters. The number of anilines is 1. The first-order valence-corrected chi connectivity index (χ1v) is 6.03. The van der Waals surface area contributed by atoms with Crippen LogP contribution >= 0.6 is 0 Å². The van der Waals surface area contributed by atoms with Gasteiger partial charge < -0.3 is 11.5 Å². The van der Waals surface area contributed by atoms with Crippen molar-refractivity contribution in [2.24, 2.45) is 5.73 Å². The molecule has 1 rings (SSSR count). The summed E-state index contributed by atoms with van der Waals surface area (Å²) in [6, 6.07) is 7.89. The average Bonchev–Trinajstić information content (AvgIpc) is 2.35. The van der Waals surface area contributed by atoms with E-state index in [4.69, 9.17) is 11.5 Å². The van der Waals surface area contributed by atoms with Gasteiger partial charge in [0.2, 0.25) is 0 Å². The molecule has 0 heterocycles. The van der Waals surface area contributed by atoms with Crippen molar-refractivity contribution in [1.29, 1.82) is 0 Å². The Morgan fingerprint density at radius 2 is 1.72 bits per heavy atom. The van der Waals surface area contributed by atoms with Crippen molar-refractivity contribution in [3.05, 3.63) is 65.9 Å². The van der Waals surface area contributed by atoms with E-state index in [2.05, 4.69) is 20.4 Å². The van der Waals surface area contributed by atoms with E-state index in [0.29, 0.717) is 0 Å². The van der Waals surface area contributed by atoms with Crippen LogP contribution in [0, 0.1) is 0 Å². The Balaban J connectivity index is 2.96. The van der Waals surface area contributed by atoms with Crippen LogP contribution in [0.15, 0.2) is 60.3 Å². The molecule has 4 N–H and O–H groups in total. The van der Waals surface area contributed by atoms with Gasteiger partial charge in [-0.2, -0.15) is 0 Å². The van der Waals surface area contributed by atoms with Gasteiger partial charge in [0.1, 0.15) is 0 Å². The van der Waals surface area contributed by atoms with Gasteiger partial charge in [0.25, 0.3) is 0 Å². The second-order valence-electron chi connectivity index (χ2n) is 4.89. The van der Waals surface area contributed by atoms with Gasteiger partial charge in [-0.1, -0.05) is 44.7 Å². The zero-order valence-electron chi connectivity index (χ0n) is 11.4. The summed E-state index contributed by atoms with van der Waals surface area (Å²) in [5, 5.41) is 0. The number of nitrogens with two attached hydrogens (primary N) is 2. The average molecular weight is 242 g/mol. The standard InChI is InChI=1S/C16H22N2/c1-5-14(17)9-6-12(2)16(3,4)13-7-10-15(18)11-8-13/h5-11H,2,17-18H2,1,3-4H3/b9-6-,14-5+. The van der Waals surface area contributed by atoms with Crippen LogP contribution < -0.4 is 11.5 Å². The lowest BCUT2D eigenvalue weighted by Gasteiger charge is -2.26. The number of nitrogen functional groups attached to an aromatic ring is 1. The van der Waals surface area contributed by atoms with E-state index in [1.165, 1.54) is 5.56 Å². The number of hydrogen-bond donors (Lipinski definition) is 2. The lowest BCUT2D eigenvalue weighted by atomic mass is 9.78. The van der Waals surface area contributed by atoms with E-state index in [9.17, 15) is 0 Å². The molecule has 2 nitrogen and oxygen atoms in total. The summed E-state index contributed by atoms with van der Waals surface area (Å²) >= 11 is 0. The molecular formula is C16H22N2. The van der Waals surface area contributed by atoms with Crippen LogP contribution in [0.5, 0.6) is 0 Å². The number of hydrogen-bond acceptors (Lipinski definition) is 2. The van der Waals surface area contributed by atoms with E-state index in [1.807, 2.05) is 49.4 Å². The van der Waals surface area contributed by atoms with Crippen molar-refractivity contribution in [1.82, 2.24) is 0 Å². The molecule has 0 saturated carbocycles. The summed E-state index contributed by atoms with van der Waals surface area (Å²) < 4.78 is 0. The minimum absolute atomic E-state index is 0.141. The molecule has 0 aliphatic rings. The van der Waals surface area contributed by atoms with E-state index in [0.717, 1.165) is 17.0 Å². The summed E-state index contributed by atoms with van der Waals surface area (Å²) in [6.45, 7) is 10.3. The Bertz CT molecular complexity index is 476. The summed E-state index contributed by atoms with van der Waals surface area (Å²) in [5.74, 6) is 0. The molecule has 0 fully saturated rings. The second-order valence-corrected chi connectivity index (χ2v) is 4.89. The molecule has 0 aliphatic heterocycles. The minimum Gasteiger partial charge on any atom is -0.399 e. The second kappa shape index (κ2) is 5.58. The summed E-state index contributed by atoms with van der Waals surface area (Å²) in [6.07, 6.45) is 5.70. The third-order valence-corrected chi connectivity index (χ3v) is 3.25. The van der Waals surface area contributed by atoms with Crippen molar-refractivity contribution in [2.45, 2.75) is 26.2 Å². The summed E-state index contributed by atoms with van der Waals surface area (Å²) in [4.78, 5) is 0. The molecular weight excluding hydrogens is 220 g/mol. The molecule has 18 heavy (non-hydrogen) atoms. The highest BCUT2D eigenvalue weighted by Crippen LogP contribution is 2.31. The molecule has 0 unspecified atom stereocenters. The maximum atomic E-state index is 5.74. The van der Waals surface area contributed by atoms with E-state index in [1.54, 1.807) is 0 Å². The molecule has 0 spiro atoms. The highest BCUT2D eigenvalue weighted by Gasteiger charge is 2.22. The maximum Gasteiger partial charge on any atom is 0.0314 e. The maximum absolute atomic E-state index is 5.74. The Hall–Kier alpha value is -1.96. The molecule has 96 valence electrons. The minimum atomic E-state index is -0.141. The number of allylic oxidation sites excluding steroid dienone is 4. The molecule has 0 radical (unpaired) electrons. The van der Waals surface area contributed by atoms with Gasteiger partial charge in [-0.25, -0.2) is 0 Å². The summed E-state index contributed by atoms with van der Waals surface area (Å²) in [5.41, 5.74) is 15.0. The molecule has 0 aromatic heterocycles. The molecule has 2 heteroatoms. The first kappa shape index (κ1) is 14.1. The summed E-state index contributed by atoms with van der Waals surface area (Å²) in [7, 11) is 0. The van der Waals surface area contributed by atoms with Gasteiger partial charge in [0.05, 0.1) is 0 Å². The lowest BCUT2D eigenvalue weighted by molar-refractivity contribution is 0.642. The van der Waals surface area contributed by atoms with Crippen molar-refractivity contribution >= 4 is 5.69 Å². The van der Waals surface area contributed by atoms with Crippen molar-refractivity contribution in [3.63, 3.8) is 0 Å². The predicted octanol–water partition coefficient (Wildman–Crippen LogP) is 3.52. The van der Waals surface area contributed by atoms with Crippen LogP contribution in [0.3, 0.4) is 0 Å². The van der Waals surface area contributed by atoms with Gasteiger partial charge in [-0.05, 0) is 36.3 Å². The highest BCUT2D eigenvalue weighted by molar-refractivity contribution is 5.45. The smallest absolute Gasteiger partial charge is 0.0314 e. The highest BCUT2D eigenvalue weighted by atomic mass is 14.5. The molecule has 1 aromatic carbocycles. The van der Waals surface area contributed by atoms with Gasteiger partial charge in [-0.15, -0.1) is 0 Å². The molecule has 0 amide bonds. The fraction of sp³-hybridized carbons (Fsp3) is 0.250. The van der Waals surface area contributed by atoms with Crippen LogP contribution in [0.2, 0.25) is 0 Å². The van der Waals surface area contributed by atoms with E-state index in [-0.39, 0.29) is 5.41 Å². The lowest BCUT2D eigenvalue weighted by Crippen LogP contribution is -2.18. The van der Waals surface area contributed by atoms with Crippen LogP contribution in [0.1, 0.15) is 26.3 Å². The van der Waals surface area contributed by atoms with Crippen LogP contribution in [0.25, 0.3) is 0 Å². The predicted molar refractivity (Wildman–Crippen MR) is 80.1 cm³/mol. The fourth-order valence-corrected chi connectivity index (χ4v) is 1.59. The van der Waals surface area contributed by atoms with Crippen LogP contribution in [-0.2, 0) is 5.41 Å². The topological polar surface area (TPSA) is 52.0 Å². The number of rotatable bonds is 4. The molecule has 0 saturated heterocycles. The van der Waals surface area contributed by atoms with E-state index < -0.39 is 0 Å². The van der Waals surface area contributed by atoms with Gasteiger partial charge >= 0.3 is 0 Å². The Labute approximate surface area is 110 Å². The third kappa shape index (κ3) is 3.27. The molecule has 0 aliphatic carbocycles. The fourth-order valence-electron chi connectivity index (χ4n) is 1.59. The molecule has 1 aromatic rings. The Morgan fingerprint density at radius 3 is 2.22 bits per heavy atom. The van der Waals surface area contributed by atoms with Crippen LogP contribution in [0.4, 0.5) is 5.69 Å². The first-order chi connectivity index (χ1) is 8.37.